The van der Waals surface area contributed by atoms with Crippen molar-refractivity contribution in [1.82, 2.24) is 0 Å². The van der Waals surface area contributed by atoms with Gasteiger partial charge in [-0.1, -0.05) is 26.0 Å². The first-order valence-electron chi connectivity index (χ1n) is 5.66. The molecular formula is C12H17F2NO3S. The van der Waals surface area contributed by atoms with Crippen molar-refractivity contribution >= 4 is 15.5 Å². The second-order valence-corrected chi connectivity index (χ2v) is 6.86. The number of hydrogen-bond acceptors (Lipinski definition) is 4. The molecule has 0 fully saturated rings. The van der Waals surface area contributed by atoms with Gasteiger partial charge in [-0.25, -0.2) is 8.42 Å². The van der Waals surface area contributed by atoms with Crippen LogP contribution in [0, 0.1) is 5.41 Å². The highest BCUT2D eigenvalue weighted by molar-refractivity contribution is 7.91. The molecule has 1 aromatic carbocycles. The molecule has 0 atom stereocenters. The summed E-state index contributed by atoms with van der Waals surface area (Å²) in [4.78, 5) is -0.432. The molecule has 108 valence electrons. The summed E-state index contributed by atoms with van der Waals surface area (Å²) < 4.78 is 48.1. The molecule has 0 spiro atoms. The number of aliphatic hydroxyl groups excluding tert-OH is 1. The van der Waals surface area contributed by atoms with Gasteiger partial charge in [-0.2, -0.15) is 8.78 Å². The summed E-state index contributed by atoms with van der Waals surface area (Å²) in [5.74, 6) is -3.46. The van der Waals surface area contributed by atoms with Crippen molar-refractivity contribution < 1.29 is 22.3 Å². The van der Waals surface area contributed by atoms with Gasteiger partial charge >= 0.3 is 5.76 Å². The van der Waals surface area contributed by atoms with Crippen LogP contribution in [0.25, 0.3) is 0 Å². The highest BCUT2D eigenvalue weighted by Crippen LogP contribution is 2.27. The monoisotopic (exact) mass is 293 g/mol. The van der Waals surface area contributed by atoms with E-state index in [1.54, 1.807) is 19.9 Å². The van der Waals surface area contributed by atoms with E-state index in [2.05, 4.69) is 5.32 Å². The van der Waals surface area contributed by atoms with E-state index in [1.807, 2.05) is 0 Å². The zero-order chi connectivity index (χ0) is 14.7. The highest BCUT2D eigenvalue weighted by Gasteiger charge is 2.29. The minimum Gasteiger partial charge on any atom is -0.396 e. The predicted molar refractivity (Wildman–Crippen MR) is 69.0 cm³/mol. The molecule has 0 bridgehead atoms. The van der Waals surface area contributed by atoms with E-state index in [0.717, 1.165) is 6.07 Å². The fourth-order valence-corrected chi connectivity index (χ4v) is 2.25. The number of rotatable bonds is 6. The molecule has 19 heavy (non-hydrogen) atoms. The third-order valence-corrected chi connectivity index (χ3v) is 4.05. The number of alkyl halides is 2. The maximum Gasteiger partial charge on any atom is 0.341 e. The number of halogens is 2. The molecule has 0 aliphatic rings. The van der Waals surface area contributed by atoms with Crippen molar-refractivity contribution in [2.24, 2.45) is 5.41 Å². The van der Waals surface area contributed by atoms with Crippen molar-refractivity contribution in [3.05, 3.63) is 24.3 Å². The minimum atomic E-state index is -4.64. The van der Waals surface area contributed by atoms with E-state index in [-0.39, 0.29) is 18.8 Å². The molecule has 0 amide bonds. The lowest BCUT2D eigenvalue weighted by molar-refractivity contribution is 0.171. The Hall–Kier alpha value is -1.21. The Morgan fingerprint density at radius 2 is 1.89 bits per heavy atom. The zero-order valence-electron chi connectivity index (χ0n) is 10.7. The normalized spacial score (nSPS) is 12.7. The Kier molecular flexibility index (Phi) is 4.86. The van der Waals surface area contributed by atoms with E-state index in [9.17, 15) is 17.2 Å². The smallest absolute Gasteiger partial charge is 0.341 e. The Morgan fingerprint density at radius 3 is 2.42 bits per heavy atom. The minimum absolute atomic E-state index is 0.107. The number of aliphatic hydroxyl groups is 1. The highest BCUT2D eigenvalue weighted by atomic mass is 32.2. The quantitative estimate of drug-likeness (QED) is 0.843. The molecule has 7 heteroatoms. The first kappa shape index (κ1) is 15.8. The van der Waals surface area contributed by atoms with Gasteiger partial charge in [-0.05, 0) is 12.1 Å². The predicted octanol–water partition coefficient (Wildman–Crippen LogP) is 2.11. The van der Waals surface area contributed by atoms with Gasteiger partial charge in [0.15, 0.2) is 0 Å². The summed E-state index contributed by atoms with van der Waals surface area (Å²) in [6.07, 6.45) is 0. The summed E-state index contributed by atoms with van der Waals surface area (Å²) in [6, 6.07) is 5.49. The van der Waals surface area contributed by atoms with Gasteiger partial charge in [0.25, 0.3) is 0 Å². The van der Waals surface area contributed by atoms with E-state index in [1.165, 1.54) is 12.1 Å². The van der Waals surface area contributed by atoms with Crippen LogP contribution in [-0.2, 0) is 9.84 Å². The molecule has 1 aromatic rings. The standard InChI is InChI=1S/C12H17F2NO3S/c1-12(2,8-16)7-15-9-5-3-4-6-10(9)19(17,18)11(13)14/h3-6,11,15-16H,7-8H2,1-2H3. The maximum atomic E-state index is 12.6. The second kappa shape index (κ2) is 5.83. The average Bonchev–Trinajstić information content (AvgIpc) is 2.36. The lowest BCUT2D eigenvalue weighted by Gasteiger charge is -2.23. The Labute approximate surface area is 111 Å². The fourth-order valence-electron chi connectivity index (χ4n) is 1.35. The number of benzene rings is 1. The van der Waals surface area contributed by atoms with Crippen LogP contribution >= 0.6 is 0 Å². The average molecular weight is 293 g/mol. The van der Waals surface area contributed by atoms with Crippen LogP contribution in [0.15, 0.2) is 29.2 Å². The van der Waals surface area contributed by atoms with Gasteiger partial charge in [0.1, 0.15) is 0 Å². The third-order valence-electron chi connectivity index (χ3n) is 2.61. The van der Waals surface area contributed by atoms with Crippen molar-refractivity contribution in [2.75, 3.05) is 18.5 Å². The Bertz CT molecular complexity index is 530. The SMILES string of the molecule is CC(C)(CO)CNc1ccccc1S(=O)(=O)C(F)F. The molecule has 2 N–H and O–H groups in total. The van der Waals surface area contributed by atoms with E-state index >= 15 is 0 Å². The Balaban J connectivity index is 3.05. The van der Waals surface area contributed by atoms with Gasteiger partial charge in [0, 0.05) is 18.6 Å². The third kappa shape index (κ3) is 3.87. The van der Waals surface area contributed by atoms with Crippen LogP contribution in [0.3, 0.4) is 0 Å². The molecule has 0 unspecified atom stereocenters. The molecule has 0 radical (unpaired) electrons. The van der Waals surface area contributed by atoms with Gasteiger partial charge in [0.05, 0.1) is 10.6 Å². The first-order chi connectivity index (χ1) is 8.70. The summed E-state index contributed by atoms with van der Waals surface area (Å²) in [6.45, 7) is 3.69. The van der Waals surface area contributed by atoms with E-state index in [0.29, 0.717) is 0 Å². The second-order valence-electron chi connectivity index (χ2n) is 4.98. The summed E-state index contributed by atoms with van der Waals surface area (Å²) in [5.41, 5.74) is -0.369. The molecule has 0 aliphatic carbocycles. The summed E-state index contributed by atoms with van der Waals surface area (Å²) in [7, 11) is -4.64. The maximum absolute atomic E-state index is 12.6. The lowest BCUT2D eigenvalue weighted by Crippen LogP contribution is -2.27. The van der Waals surface area contributed by atoms with Crippen LogP contribution in [0.2, 0.25) is 0 Å². The molecule has 0 saturated heterocycles. The van der Waals surface area contributed by atoms with Crippen LogP contribution in [0.1, 0.15) is 13.8 Å². The number of anilines is 1. The van der Waals surface area contributed by atoms with Crippen LogP contribution in [-0.4, -0.2) is 32.4 Å². The molecular weight excluding hydrogens is 276 g/mol. The van der Waals surface area contributed by atoms with Gasteiger partial charge in [-0.15, -0.1) is 0 Å². The van der Waals surface area contributed by atoms with Crippen molar-refractivity contribution in [3.8, 4) is 0 Å². The largest absolute Gasteiger partial charge is 0.396 e. The number of para-hydroxylation sites is 1. The van der Waals surface area contributed by atoms with Gasteiger partial charge < -0.3 is 10.4 Å². The van der Waals surface area contributed by atoms with Gasteiger partial charge in [-0.3, -0.25) is 0 Å². The first-order valence-corrected chi connectivity index (χ1v) is 7.21. The molecule has 0 aliphatic heterocycles. The molecule has 0 heterocycles. The van der Waals surface area contributed by atoms with Crippen molar-refractivity contribution in [3.63, 3.8) is 0 Å². The molecule has 4 nitrogen and oxygen atoms in total. The molecule has 0 saturated carbocycles. The van der Waals surface area contributed by atoms with Crippen molar-refractivity contribution in [1.29, 1.82) is 0 Å². The number of hydrogen-bond donors (Lipinski definition) is 2. The van der Waals surface area contributed by atoms with E-state index in [4.69, 9.17) is 5.11 Å². The van der Waals surface area contributed by atoms with Crippen LogP contribution < -0.4 is 5.32 Å². The van der Waals surface area contributed by atoms with Crippen LogP contribution in [0.4, 0.5) is 14.5 Å². The zero-order valence-corrected chi connectivity index (χ0v) is 11.5. The topological polar surface area (TPSA) is 66.4 Å². The van der Waals surface area contributed by atoms with E-state index < -0.39 is 25.9 Å². The Morgan fingerprint density at radius 1 is 1.32 bits per heavy atom. The van der Waals surface area contributed by atoms with Crippen molar-refractivity contribution in [2.45, 2.75) is 24.5 Å². The molecule has 0 aromatic heterocycles. The summed E-state index contributed by atoms with van der Waals surface area (Å²) >= 11 is 0. The summed E-state index contributed by atoms with van der Waals surface area (Å²) in [5, 5.41) is 11.9. The number of sulfone groups is 1. The lowest BCUT2D eigenvalue weighted by atomic mass is 9.95. The van der Waals surface area contributed by atoms with Gasteiger partial charge in [0.2, 0.25) is 9.84 Å². The number of nitrogens with one attached hydrogen (secondary N) is 1. The fraction of sp³-hybridized carbons (Fsp3) is 0.500. The van der Waals surface area contributed by atoms with Crippen LogP contribution in [0.5, 0.6) is 0 Å². The molecule has 1 rings (SSSR count).